The van der Waals surface area contributed by atoms with Gasteiger partial charge in [0.05, 0.1) is 5.25 Å². The SMILES string of the molecule is N[C@@H](CNS(=O)(=O)C1CCCCC1)C(=O)O. The lowest BCUT2D eigenvalue weighted by molar-refractivity contribution is -0.138. The van der Waals surface area contributed by atoms with Gasteiger partial charge in [-0.15, -0.1) is 0 Å². The van der Waals surface area contributed by atoms with Crippen molar-refractivity contribution in [1.82, 2.24) is 4.72 Å². The molecule has 0 spiro atoms. The smallest absolute Gasteiger partial charge is 0.321 e. The number of nitrogens with two attached hydrogens (primary N) is 1. The molecule has 6 nitrogen and oxygen atoms in total. The van der Waals surface area contributed by atoms with Crippen molar-refractivity contribution in [3.05, 3.63) is 0 Å². The number of carbonyl (C=O) groups is 1. The van der Waals surface area contributed by atoms with E-state index in [1.807, 2.05) is 0 Å². The first-order chi connectivity index (χ1) is 7.43. The molecule has 0 saturated heterocycles. The van der Waals surface area contributed by atoms with Gasteiger partial charge in [0.25, 0.3) is 0 Å². The van der Waals surface area contributed by atoms with E-state index in [1.54, 1.807) is 0 Å². The Labute approximate surface area is 95.3 Å². The molecular formula is C9H18N2O4S. The van der Waals surface area contributed by atoms with Crippen LogP contribution in [0.25, 0.3) is 0 Å². The largest absolute Gasteiger partial charge is 0.480 e. The molecule has 0 aromatic carbocycles. The third-order valence-corrected chi connectivity index (χ3v) is 4.73. The summed E-state index contributed by atoms with van der Waals surface area (Å²) in [6.45, 7) is -0.242. The Kier molecular flexibility index (Phi) is 4.69. The van der Waals surface area contributed by atoms with Crippen molar-refractivity contribution in [2.24, 2.45) is 5.73 Å². The van der Waals surface area contributed by atoms with Gasteiger partial charge < -0.3 is 10.8 Å². The number of hydrogen-bond donors (Lipinski definition) is 3. The summed E-state index contributed by atoms with van der Waals surface area (Å²) in [6.07, 6.45) is 4.20. The highest BCUT2D eigenvalue weighted by molar-refractivity contribution is 7.90. The zero-order valence-electron chi connectivity index (χ0n) is 9.05. The molecule has 1 aliphatic rings. The third-order valence-electron chi connectivity index (χ3n) is 2.81. The van der Waals surface area contributed by atoms with E-state index in [0.29, 0.717) is 12.8 Å². The summed E-state index contributed by atoms with van der Waals surface area (Å²) in [5, 5.41) is 8.14. The first kappa shape index (κ1) is 13.4. The zero-order chi connectivity index (χ0) is 12.2. The average Bonchev–Trinajstić information content (AvgIpc) is 2.27. The molecule has 0 heterocycles. The molecule has 1 saturated carbocycles. The van der Waals surface area contributed by atoms with Crippen molar-refractivity contribution >= 4 is 16.0 Å². The van der Waals surface area contributed by atoms with Gasteiger partial charge in [0.2, 0.25) is 10.0 Å². The van der Waals surface area contributed by atoms with Crippen molar-refractivity contribution < 1.29 is 18.3 Å². The van der Waals surface area contributed by atoms with Gasteiger partial charge in [0.15, 0.2) is 0 Å². The van der Waals surface area contributed by atoms with Crippen LogP contribution in [0.4, 0.5) is 0 Å². The molecule has 4 N–H and O–H groups in total. The summed E-state index contributed by atoms with van der Waals surface area (Å²) < 4.78 is 25.8. The number of carboxylic acid groups (broad SMARTS) is 1. The van der Waals surface area contributed by atoms with E-state index in [0.717, 1.165) is 19.3 Å². The molecule has 0 bridgehead atoms. The van der Waals surface area contributed by atoms with Crippen LogP contribution in [0.3, 0.4) is 0 Å². The van der Waals surface area contributed by atoms with Crippen LogP contribution in [0.5, 0.6) is 0 Å². The Morgan fingerprint density at radius 1 is 1.38 bits per heavy atom. The molecule has 1 rings (SSSR count). The van der Waals surface area contributed by atoms with Gasteiger partial charge >= 0.3 is 5.97 Å². The molecule has 94 valence electrons. The van der Waals surface area contributed by atoms with Gasteiger partial charge in [-0.05, 0) is 12.8 Å². The quantitative estimate of drug-likeness (QED) is 0.618. The van der Waals surface area contributed by atoms with E-state index in [4.69, 9.17) is 10.8 Å². The molecule has 16 heavy (non-hydrogen) atoms. The summed E-state index contributed by atoms with van der Waals surface area (Å²) in [4.78, 5) is 10.4. The first-order valence-corrected chi connectivity index (χ1v) is 6.95. The van der Waals surface area contributed by atoms with Crippen molar-refractivity contribution in [2.45, 2.75) is 43.4 Å². The van der Waals surface area contributed by atoms with Crippen LogP contribution in [0.2, 0.25) is 0 Å². The maximum Gasteiger partial charge on any atom is 0.321 e. The van der Waals surface area contributed by atoms with E-state index >= 15 is 0 Å². The van der Waals surface area contributed by atoms with Crippen molar-refractivity contribution in [3.63, 3.8) is 0 Å². The van der Waals surface area contributed by atoms with Crippen LogP contribution < -0.4 is 10.5 Å². The highest BCUT2D eigenvalue weighted by atomic mass is 32.2. The zero-order valence-corrected chi connectivity index (χ0v) is 9.87. The second kappa shape index (κ2) is 5.60. The molecule has 0 unspecified atom stereocenters. The lowest BCUT2D eigenvalue weighted by atomic mass is 10.0. The summed E-state index contributed by atoms with van der Waals surface area (Å²) in [5.74, 6) is -1.20. The van der Waals surface area contributed by atoms with Crippen LogP contribution in [-0.2, 0) is 14.8 Å². The van der Waals surface area contributed by atoms with Crippen molar-refractivity contribution in [1.29, 1.82) is 0 Å². The molecule has 1 fully saturated rings. The van der Waals surface area contributed by atoms with Gasteiger partial charge in [-0.25, -0.2) is 13.1 Å². The highest BCUT2D eigenvalue weighted by Gasteiger charge is 2.27. The summed E-state index contributed by atoms with van der Waals surface area (Å²) in [7, 11) is -3.41. The van der Waals surface area contributed by atoms with Gasteiger partial charge in [0.1, 0.15) is 6.04 Å². The number of nitrogens with one attached hydrogen (secondary N) is 1. The normalized spacial score (nSPS) is 20.6. The minimum absolute atomic E-state index is 0.242. The van der Waals surface area contributed by atoms with E-state index in [1.165, 1.54) is 0 Å². The topological polar surface area (TPSA) is 109 Å². The molecule has 1 atom stereocenters. The Hall–Kier alpha value is -0.660. The third kappa shape index (κ3) is 3.73. The molecule has 0 aromatic rings. The molecule has 0 amide bonds. The molecule has 0 aromatic heterocycles. The fourth-order valence-corrected chi connectivity index (χ4v) is 3.39. The van der Waals surface area contributed by atoms with Crippen LogP contribution >= 0.6 is 0 Å². The maximum absolute atomic E-state index is 11.8. The lowest BCUT2D eigenvalue weighted by Gasteiger charge is -2.22. The Balaban J connectivity index is 2.47. The molecular weight excluding hydrogens is 232 g/mol. The predicted octanol–water partition coefficient (Wildman–Crippen LogP) is -0.350. The Bertz CT molecular complexity index is 335. The number of sulfonamides is 1. The van der Waals surface area contributed by atoms with Crippen LogP contribution in [0, 0.1) is 0 Å². The Morgan fingerprint density at radius 3 is 2.44 bits per heavy atom. The monoisotopic (exact) mass is 250 g/mol. The van der Waals surface area contributed by atoms with Gasteiger partial charge in [-0.1, -0.05) is 19.3 Å². The highest BCUT2D eigenvalue weighted by Crippen LogP contribution is 2.22. The Morgan fingerprint density at radius 2 is 1.94 bits per heavy atom. The summed E-state index contributed by atoms with van der Waals surface area (Å²) >= 11 is 0. The maximum atomic E-state index is 11.8. The van der Waals surface area contributed by atoms with Crippen LogP contribution in [0.15, 0.2) is 0 Å². The van der Waals surface area contributed by atoms with Crippen LogP contribution in [0.1, 0.15) is 32.1 Å². The van der Waals surface area contributed by atoms with Gasteiger partial charge in [-0.3, -0.25) is 4.79 Å². The van der Waals surface area contributed by atoms with Crippen LogP contribution in [-0.4, -0.2) is 37.3 Å². The fourth-order valence-electron chi connectivity index (χ4n) is 1.79. The molecule has 1 aliphatic carbocycles. The first-order valence-electron chi connectivity index (χ1n) is 5.40. The fraction of sp³-hybridized carbons (Fsp3) is 0.889. The second-order valence-electron chi connectivity index (χ2n) is 4.10. The van der Waals surface area contributed by atoms with E-state index in [-0.39, 0.29) is 11.8 Å². The lowest BCUT2D eigenvalue weighted by Crippen LogP contribution is -2.45. The van der Waals surface area contributed by atoms with E-state index in [9.17, 15) is 13.2 Å². The number of rotatable bonds is 5. The second-order valence-corrected chi connectivity index (χ2v) is 6.14. The standard InChI is InChI=1S/C9H18N2O4S/c10-8(9(12)13)6-11-16(14,15)7-4-2-1-3-5-7/h7-8,11H,1-6,10H2,(H,12,13)/t8-/m0/s1. The minimum Gasteiger partial charge on any atom is -0.480 e. The predicted molar refractivity (Wildman–Crippen MR) is 59.4 cm³/mol. The summed E-state index contributed by atoms with van der Waals surface area (Å²) in [5.41, 5.74) is 5.23. The number of carboxylic acids is 1. The number of aliphatic carboxylic acids is 1. The average molecular weight is 250 g/mol. The molecule has 0 aliphatic heterocycles. The minimum atomic E-state index is -3.41. The van der Waals surface area contributed by atoms with Crippen molar-refractivity contribution in [3.8, 4) is 0 Å². The number of hydrogen-bond acceptors (Lipinski definition) is 4. The van der Waals surface area contributed by atoms with Crippen molar-refractivity contribution in [2.75, 3.05) is 6.54 Å². The van der Waals surface area contributed by atoms with Gasteiger partial charge in [-0.2, -0.15) is 0 Å². The molecule has 0 radical (unpaired) electrons. The van der Waals surface area contributed by atoms with E-state index in [2.05, 4.69) is 4.72 Å². The van der Waals surface area contributed by atoms with Gasteiger partial charge in [0, 0.05) is 6.54 Å². The molecule has 7 heteroatoms. The van der Waals surface area contributed by atoms with E-state index < -0.39 is 22.0 Å². The summed E-state index contributed by atoms with van der Waals surface area (Å²) in [6, 6.07) is -1.18.